The largest absolute Gasteiger partial charge is 0.345 e. The van der Waals surface area contributed by atoms with Gasteiger partial charge in [0.05, 0.1) is 0 Å². The normalized spacial score (nSPS) is 9.64. The summed E-state index contributed by atoms with van der Waals surface area (Å²) >= 11 is 0. The van der Waals surface area contributed by atoms with Crippen LogP contribution in [0.3, 0.4) is 0 Å². The van der Waals surface area contributed by atoms with E-state index in [0.29, 0.717) is 0 Å². The smallest absolute Gasteiger partial charge is 0.253 e. The molecule has 0 fully saturated rings. The minimum absolute atomic E-state index is 0.0335. The quantitative estimate of drug-likeness (QED) is 0.699. The van der Waals surface area contributed by atoms with Gasteiger partial charge in [-0.1, -0.05) is 24.8 Å². The molecule has 1 aromatic carbocycles. The second-order valence-corrected chi connectivity index (χ2v) is 3.48. The van der Waals surface area contributed by atoms with Crippen molar-refractivity contribution in [2.24, 2.45) is 0 Å². The summed E-state index contributed by atoms with van der Waals surface area (Å²) in [6.45, 7) is 5.62. The Hall–Kier alpha value is -1.57. The summed E-state index contributed by atoms with van der Waals surface area (Å²) in [7, 11) is 3.50. The van der Waals surface area contributed by atoms with Crippen LogP contribution in [0.1, 0.15) is 21.5 Å². The zero-order valence-electron chi connectivity index (χ0n) is 8.87. The molecule has 0 aliphatic rings. The van der Waals surface area contributed by atoms with Crippen molar-refractivity contribution in [1.82, 2.24) is 4.90 Å². The van der Waals surface area contributed by atoms with Gasteiger partial charge in [0, 0.05) is 19.7 Å². The van der Waals surface area contributed by atoms with Gasteiger partial charge in [0.15, 0.2) is 0 Å². The Morgan fingerprint density at radius 3 is 2.57 bits per heavy atom. The van der Waals surface area contributed by atoms with Crippen LogP contribution in [0.4, 0.5) is 0 Å². The van der Waals surface area contributed by atoms with Crippen molar-refractivity contribution in [3.05, 3.63) is 41.5 Å². The van der Waals surface area contributed by atoms with Gasteiger partial charge in [-0.05, 0) is 24.1 Å². The van der Waals surface area contributed by atoms with Crippen LogP contribution in [0.5, 0.6) is 0 Å². The summed E-state index contributed by atoms with van der Waals surface area (Å²) in [5.41, 5.74) is 2.71. The number of carbonyl (C=O) groups is 1. The highest BCUT2D eigenvalue weighted by Crippen LogP contribution is 2.13. The van der Waals surface area contributed by atoms with E-state index in [4.69, 9.17) is 0 Å². The zero-order valence-corrected chi connectivity index (χ0v) is 8.87. The molecule has 0 radical (unpaired) electrons. The second-order valence-electron chi connectivity index (χ2n) is 3.48. The van der Waals surface area contributed by atoms with Crippen LogP contribution >= 0.6 is 0 Å². The van der Waals surface area contributed by atoms with Crippen molar-refractivity contribution in [1.29, 1.82) is 0 Å². The molecule has 0 aromatic heterocycles. The molecule has 74 valence electrons. The SMILES string of the molecule is C=Cc1ccc(C)c(C(=O)N(C)C)c1. The highest BCUT2D eigenvalue weighted by molar-refractivity contribution is 5.95. The van der Waals surface area contributed by atoms with Gasteiger partial charge in [-0.3, -0.25) is 4.79 Å². The van der Waals surface area contributed by atoms with E-state index in [9.17, 15) is 4.79 Å². The first kappa shape index (κ1) is 10.5. The molecule has 14 heavy (non-hydrogen) atoms. The van der Waals surface area contributed by atoms with Crippen LogP contribution < -0.4 is 0 Å². The monoisotopic (exact) mass is 189 g/mol. The molecule has 1 aromatic rings. The third-order valence-corrected chi connectivity index (χ3v) is 2.13. The Labute approximate surface area is 84.9 Å². The van der Waals surface area contributed by atoms with Gasteiger partial charge in [-0.15, -0.1) is 0 Å². The van der Waals surface area contributed by atoms with Gasteiger partial charge < -0.3 is 4.90 Å². The molecule has 2 nitrogen and oxygen atoms in total. The Morgan fingerprint density at radius 2 is 2.07 bits per heavy atom. The Morgan fingerprint density at radius 1 is 1.43 bits per heavy atom. The van der Waals surface area contributed by atoms with Crippen molar-refractivity contribution in [2.45, 2.75) is 6.92 Å². The van der Waals surface area contributed by atoms with Crippen molar-refractivity contribution < 1.29 is 4.79 Å². The summed E-state index contributed by atoms with van der Waals surface area (Å²) in [5.74, 6) is 0.0335. The standard InChI is InChI=1S/C12H15NO/c1-5-10-7-6-9(2)11(8-10)12(14)13(3)4/h5-8H,1H2,2-4H3. The second kappa shape index (κ2) is 4.09. The van der Waals surface area contributed by atoms with Crippen LogP contribution in [0.2, 0.25) is 0 Å². The molecule has 1 rings (SSSR count). The number of amides is 1. The van der Waals surface area contributed by atoms with Gasteiger partial charge in [-0.25, -0.2) is 0 Å². The summed E-state index contributed by atoms with van der Waals surface area (Å²) < 4.78 is 0. The lowest BCUT2D eigenvalue weighted by molar-refractivity contribution is 0.0827. The van der Waals surface area contributed by atoms with Crippen LogP contribution in [-0.2, 0) is 0 Å². The highest BCUT2D eigenvalue weighted by Gasteiger charge is 2.10. The third kappa shape index (κ3) is 2.02. The van der Waals surface area contributed by atoms with E-state index < -0.39 is 0 Å². The summed E-state index contributed by atoms with van der Waals surface area (Å²) in [6, 6.07) is 5.76. The number of hydrogen-bond acceptors (Lipinski definition) is 1. The van der Waals surface area contributed by atoms with Crippen molar-refractivity contribution in [3.8, 4) is 0 Å². The molecule has 0 N–H and O–H groups in total. The minimum atomic E-state index is 0.0335. The molecule has 0 bridgehead atoms. The maximum Gasteiger partial charge on any atom is 0.253 e. The lowest BCUT2D eigenvalue weighted by Gasteiger charge is -2.12. The van der Waals surface area contributed by atoms with Crippen LogP contribution in [0.25, 0.3) is 6.08 Å². The number of hydrogen-bond donors (Lipinski definition) is 0. The average Bonchev–Trinajstić information content (AvgIpc) is 2.17. The molecule has 0 spiro atoms. The van der Waals surface area contributed by atoms with E-state index in [-0.39, 0.29) is 5.91 Å². The molecule has 0 unspecified atom stereocenters. The topological polar surface area (TPSA) is 20.3 Å². The minimum Gasteiger partial charge on any atom is -0.345 e. The Balaban J connectivity index is 3.18. The Kier molecular flexibility index (Phi) is 3.07. The molecule has 1 amide bonds. The lowest BCUT2D eigenvalue weighted by Crippen LogP contribution is -2.22. The molecule has 0 aliphatic carbocycles. The van der Waals surface area contributed by atoms with Crippen molar-refractivity contribution >= 4 is 12.0 Å². The molecular weight excluding hydrogens is 174 g/mol. The molecule has 0 saturated heterocycles. The first-order chi connectivity index (χ1) is 6.56. The first-order valence-electron chi connectivity index (χ1n) is 4.51. The van der Waals surface area contributed by atoms with Gasteiger partial charge in [0.2, 0.25) is 0 Å². The van der Waals surface area contributed by atoms with Crippen molar-refractivity contribution in [2.75, 3.05) is 14.1 Å². The fourth-order valence-corrected chi connectivity index (χ4v) is 1.24. The van der Waals surface area contributed by atoms with Gasteiger partial charge in [0.25, 0.3) is 5.91 Å². The number of nitrogens with zero attached hydrogens (tertiary/aromatic N) is 1. The molecule has 0 saturated carbocycles. The van der Waals surface area contributed by atoms with Gasteiger partial charge >= 0.3 is 0 Å². The van der Waals surface area contributed by atoms with Crippen LogP contribution in [0.15, 0.2) is 24.8 Å². The maximum absolute atomic E-state index is 11.7. The van der Waals surface area contributed by atoms with E-state index >= 15 is 0 Å². The van der Waals surface area contributed by atoms with E-state index in [2.05, 4.69) is 6.58 Å². The highest BCUT2D eigenvalue weighted by atomic mass is 16.2. The summed E-state index contributed by atoms with van der Waals surface area (Å²) in [4.78, 5) is 13.3. The number of rotatable bonds is 2. The average molecular weight is 189 g/mol. The van der Waals surface area contributed by atoms with Gasteiger partial charge in [-0.2, -0.15) is 0 Å². The number of aryl methyl sites for hydroxylation is 1. The van der Waals surface area contributed by atoms with E-state index in [1.807, 2.05) is 25.1 Å². The van der Waals surface area contributed by atoms with Gasteiger partial charge in [0.1, 0.15) is 0 Å². The summed E-state index contributed by atoms with van der Waals surface area (Å²) in [5, 5.41) is 0. The van der Waals surface area contributed by atoms with Crippen LogP contribution in [-0.4, -0.2) is 24.9 Å². The van der Waals surface area contributed by atoms with Crippen LogP contribution in [0, 0.1) is 6.92 Å². The van der Waals surface area contributed by atoms with E-state index in [1.54, 1.807) is 25.1 Å². The molecule has 2 heteroatoms. The molecule has 0 aliphatic heterocycles. The third-order valence-electron chi connectivity index (χ3n) is 2.13. The lowest BCUT2D eigenvalue weighted by atomic mass is 10.0. The molecule has 0 heterocycles. The number of benzene rings is 1. The Bertz CT molecular complexity index is 367. The van der Waals surface area contributed by atoms with E-state index in [0.717, 1.165) is 16.7 Å². The zero-order chi connectivity index (χ0) is 10.7. The maximum atomic E-state index is 11.7. The van der Waals surface area contributed by atoms with Crippen molar-refractivity contribution in [3.63, 3.8) is 0 Å². The first-order valence-corrected chi connectivity index (χ1v) is 4.51. The number of carbonyl (C=O) groups excluding carboxylic acids is 1. The fraction of sp³-hybridized carbons (Fsp3) is 0.250. The molecular formula is C12H15NO. The molecule has 0 atom stereocenters. The predicted molar refractivity (Wildman–Crippen MR) is 59.3 cm³/mol. The van der Waals surface area contributed by atoms with E-state index in [1.165, 1.54) is 0 Å². The summed E-state index contributed by atoms with van der Waals surface area (Å²) in [6.07, 6.45) is 1.74. The predicted octanol–water partition coefficient (Wildman–Crippen LogP) is 2.34. The fourth-order valence-electron chi connectivity index (χ4n) is 1.24.